The molecule has 0 aliphatic heterocycles. The number of rotatable bonds is 3. The topological polar surface area (TPSA) is 34.1 Å². The van der Waals surface area contributed by atoms with E-state index in [9.17, 15) is 8.42 Å². The minimum absolute atomic E-state index is 0.0959. The zero-order valence-electron chi connectivity index (χ0n) is 8.57. The van der Waals surface area contributed by atoms with Crippen LogP contribution in [0, 0.1) is 5.92 Å². The van der Waals surface area contributed by atoms with E-state index >= 15 is 0 Å². The Kier molecular flexibility index (Phi) is 3.48. The van der Waals surface area contributed by atoms with Crippen LogP contribution in [0.1, 0.15) is 24.3 Å². The lowest BCUT2D eigenvalue weighted by molar-refractivity contribution is 0.291. The van der Waals surface area contributed by atoms with E-state index in [1.807, 2.05) is 24.3 Å². The molecule has 0 heterocycles. The minimum atomic E-state index is -3.35. The van der Waals surface area contributed by atoms with Crippen LogP contribution in [0.2, 0.25) is 5.02 Å². The quantitative estimate of drug-likeness (QED) is 0.795. The molecule has 5 heteroatoms. The molecule has 1 aromatic rings. The molecule has 0 atom stereocenters. The number of benzene rings is 1. The van der Waals surface area contributed by atoms with E-state index in [2.05, 4.69) is 0 Å². The van der Waals surface area contributed by atoms with Crippen LogP contribution < -0.4 is 0 Å². The van der Waals surface area contributed by atoms with Gasteiger partial charge in [0, 0.05) is 15.7 Å². The van der Waals surface area contributed by atoms with Crippen molar-refractivity contribution >= 4 is 31.3 Å². The van der Waals surface area contributed by atoms with Crippen molar-refractivity contribution in [3.8, 4) is 0 Å². The van der Waals surface area contributed by atoms with Crippen molar-refractivity contribution in [1.82, 2.24) is 0 Å². The van der Waals surface area contributed by atoms with Gasteiger partial charge in [-0.2, -0.15) is 0 Å². The third kappa shape index (κ3) is 3.12. The maximum absolute atomic E-state index is 10.9. The van der Waals surface area contributed by atoms with E-state index in [0.29, 0.717) is 5.92 Å². The van der Waals surface area contributed by atoms with Crippen molar-refractivity contribution in [3.63, 3.8) is 0 Å². The van der Waals surface area contributed by atoms with Crippen molar-refractivity contribution in [1.29, 1.82) is 0 Å². The monoisotopic (exact) mass is 278 g/mol. The molecule has 88 valence electrons. The maximum Gasteiger partial charge on any atom is 0.232 e. The Bertz CT molecular complexity index is 461. The normalized spacial score (nSPS) is 25.1. The van der Waals surface area contributed by atoms with Gasteiger partial charge in [-0.05, 0) is 42.4 Å². The second-order valence-corrected chi connectivity index (χ2v) is 7.55. The zero-order chi connectivity index (χ0) is 11.8. The van der Waals surface area contributed by atoms with Gasteiger partial charge in [0.1, 0.15) is 0 Å². The van der Waals surface area contributed by atoms with Crippen LogP contribution in [-0.2, 0) is 9.05 Å². The first-order valence-electron chi connectivity index (χ1n) is 5.12. The van der Waals surface area contributed by atoms with E-state index in [4.69, 9.17) is 22.3 Å². The Labute approximate surface area is 105 Å². The summed E-state index contributed by atoms with van der Waals surface area (Å²) in [4.78, 5) is 0. The molecule has 1 fully saturated rings. The Morgan fingerprint density at radius 3 is 2.25 bits per heavy atom. The molecule has 16 heavy (non-hydrogen) atoms. The second-order valence-electron chi connectivity index (χ2n) is 4.29. The van der Waals surface area contributed by atoms with Gasteiger partial charge in [0.15, 0.2) is 0 Å². The maximum atomic E-state index is 10.9. The number of hydrogen-bond donors (Lipinski definition) is 0. The van der Waals surface area contributed by atoms with Crippen molar-refractivity contribution in [2.75, 3.05) is 5.75 Å². The molecule has 0 saturated heterocycles. The van der Waals surface area contributed by atoms with Crippen molar-refractivity contribution < 1.29 is 8.42 Å². The van der Waals surface area contributed by atoms with E-state index in [-0.39, 0.29) is 11.7 Å². The van der Waals surface area contributed by atoms with Gasteiger partial charge >= 0.3 is 0 Å². The first-order valence-corrected chi connectivity index (χ1v) is 7.97. The first kappa shape index (κ1) is 12.2. The lowest BCUT2D eigenvalue weighted by Gasteiger charge is -2.34. The summed E-state index contributed by atoms with van der Waals surface area (Å²) in [6, 6.07) is 7.72. The molecule has 2 rings (SSSR count). The van der Waals surface area contributed by atoms with Crippen LogP contribution in [0.5, 0.6) is 0 Å². The van der Waals surface area contributed by atoms with Gasteiger partial charge in [-0.25, -0.2) is 8.42 Å². The van der Waals surface area contributed by atoms with Crippen LogP contribution in [0.25, 0.3) is 0 Å². The Hall–Kier alpha value is -0.250. The van der Waals surface area contributed by atoms with Crippen LogP contribution in [0.15, 0.2) is 24.3 Å². The molecule has 0 spiro atoms. The van der Waals surface area contributed by atoms with E-state index in [1.54, 1.807) is 0 Å². The van der Waals surface area contributed by atoms with Crippen LogP contribution in [0.3, 0.4) is 0 Å². The van der Waals surface area contributed by atoms with E-state index < -0.39 is 9.05 Å². The molecule has 0 aromatic heterocycles. The molecule has 0 amide bonds. The highest BCUT2D eigenvalue weighted by atomic mass is 35.7. The Morgan fingerprint density at radius 1 is 1.19 bits per heavy atom. The molecular formula is C11H12Cl2O2S. The summed E-state index contributed by atoms with van der Waals surface area (Å²) in [5.41, 5.74) is 1.23. The fourth-order valence-electron chi connectivity index (χ4n) is 2.16. The molecular weight excluding hydrogens is 267 g/mol. The molecule has 1 saturated carbocycles. The molecule has 2 nitrogen and oxygen atoms in total. The van der Waals surface area contributed by atoms with Crippen molar-refractivity contribution in [2.45, 2.75) is 18.8 Å². The zero-order valence-corrected chi connectivity index (χ0v) is 10.9. The smallest absolute Gasteiger partial charge is 0.212 e. The van der Waals surface area contributed by atoms with Crippen molar-refractivity contribution in [3.05, 3.63) is 34.9 Å². The summed E-state index contributed by atoms with van der Waals surface area (Å²) in [5.74, 6) is 0.766. The first-order chi connectivity index (χ1) is 7.44. The third-order valence-electron chi connectivity index (χ3n) is 3.01. The predicted molar refractivity (Wildman–Crippen MR) is 66.6 cm³/mol. The Balaban J connectivity index is 1.91. The summed E-state index contributed by atoms with van der Waals surface area (Å²) in [5, 5.41) is 0.725. The van der Waals surface area contributed by atoms with Gasteiger partial charge in [-0.15, -0.1) is 0 Å². The predicted octanol–water partition coefficient (Wildman–Crippen LogP) is 3.40. The van der Waals surface area contributed by atoms with Gasteiger partial charge in [-0.1, -0.05) is 23.7 Å². The van der Waals surface area contributed by atoms with E-state index in [0.717, 1.165) is 17.9 Å². The average Bonchev–Trinajstić information content (AvgIpc) is 2.11. The minimum Gasteiger partial charge on any atom is -0.212 e. The number of halogens is 2. The van der Waals surface area contributed by atoms with Gasteiger partial charge < -0.3 is 0 Å². The molecule has 0 radical (unpaired) electrons. The van der Waals surface area contributed by atoms with Gasteiger partial charge in [0.25, 0.3) is 0 Å². The summed E-state index contributed by atoms with van der Waals surface area (Å²) < 4.78 is 21.7. The molecule has 1 aliphatic rings. The fraction of sp³-hybridized carbons (Fsp3) is 0.455. The van der Waals surface area contributed by atoms with Gasteiger partial charge in [0.05, 0.1) is 5.75 Å². The average molecular weight is 279 g/mol. The van der Waals surface area contributed by atoms with Crippen molar-refractivity contribution in [2.24, 2.45) is 5.92 Å². The van der Waals surface area contributed by atoms with E-state index in [1.165, 1.54) is 5.56 Å². The third-order valence-corrected chi connectivity index (χ3v) is 4.51. The van der Waals surface area contributed by atoms with Crippen LogP contribution >= 0.6 is 22.3 Å². The largest absolute Gasteiger partial charge is 0.232 e. The summed E-state index contributed by atoms with van der Waals surface area (Å²) in [6.45, 7) is 0. The van der Waals surface area contributed by atoms with Gasteiger partial charge in [-0.3, -0.25) is 0 Å². The SMILES string of the molecule is O=S(=O)(Cl)CC1CC(c2ccc(Cl)cc2)C1. The lowest BCUT2D eigenvalue weighted by atomic mass is 9.72. The molecule has 1 aliphatic carbocycles. The summed E-state index contributed by atoms with van der Waals surface area (Å²) >= 11 is 5.80. The molecule has 0 bridgehead atoms. The Morgan fingerprint density at radius 2 is 1.75 bits per heavy atom. The summed E-state index contributed by atoms with van der Waals surface area (Å²) in [7, 11) is 1.86. The van der Waals surface area contributed by atoms with Crippen LogP contribution in [0.4, 0.5) is 0 Å². The highest BCUT2D eigenvalue weighted by Crippen LogP contribution is 2.42. The highest BCUT2D eigenvalue weighted by molar-refractivity contribution is 8.13. The van der Waals surface area contributed by atoms with Gasteiger partial charge in [0.2, 0.25) is 9.05 Å². The second kappa shape index (κ2) is 4.55. The van der Waals surface area contributed by atoms with Crippen LogP contribution in [-0.4, -0.2) is 14.2 Å². The fourth-order valence-corrected chi connectivity index (χ4v) is 3.66. The lowest BCUT2D eigenvalue weighted by Crippen LogP contribution is -2.27. The molecule has 1 aromatic carbocycles. The molecule has 0 unspecified atom stereocenters. The summed E-state index contributed by atoms with van der Waals surface area (Å²) in [6.07, 6.45) is 1.79. The standard InChI is InChI=1S/C11H12Cl2O2S/c12-11-3-1-9(2-4-11)10-5-8(6-10)7-16(13,14)15/h1-4,8,10H,5-7H2. The molecule has 0 N–H and O–H groups in total. The number of hydrogen-bond acceptors (Lipinski definition) is 2. The highest BCUT2D eigenvalue weighted by Gasteiger charge is 2.32.